The van der Waals surface area contributed by atoms with Crippen LogP contribution in [0.3, 0.4) is 0 Å². The summed E-state index contributed by atoms with van der Waals surface area (Å²) in [5.74, 6) is -0.398. The number of benzene rings is 1. The molecule has 1 aliphatic heterocycles. The van der Waals surface area contributed by atoms with Crippen molar-refractivity contribution in [2.75, 3.05) is 26.7 Å². The Kier molecular flexibility index (Phi) is 5.78. The third kappa shape index (κ3) is 3.92. The van der Waals surface area contributed by atoms with Crippen LogP contribution in [0.4, 0.5) is 4.39 Å². The van der Waals surface area contributed by atoms with Gasteiger partial charge >= 0.3 is 0 Å². The van der Waals surface area contributed by atoms with Crippen molar-refractivity contribution in [2.24, 2.45) is 5.73 Å². The molecule has 0 aliphatic carbocycles. The Hall–Kier alpha value is -0.680. The molecule has 3 nitrogen and oxygen atoms in total. The highest BCUT2D eigenvalue weighted by molar-refractivity contribution is 6.30. The lowest BCUT2D eigenvalue weighted by molar-refractivity contribution is -0.00779. The lowest BCUT2D eigenvalue weighted by atomic mass is 10.0. The standard InChI is InChI=1S/C15H22ClFN2O/c1-19(10-12-4-2-3-7-20-12)15(9-18)11-5-6-13(16)14(17)8-11/h5-6,8,12,15H,2-4,7,9-10,18H2,1H3. The number of rotatable bonds is 5. The second-order valence-electron chi connectivity index (χ2n) is 5.35. The first-order valence-electron chi connectivity index (χ1n) is 7.08. The molecule has 2 unspecified atom stereocenters. The molecule has 1 heterocycles. The summed E-state index contributed by atoms with van der Waals surface area (Å²) in [6.45, 7) is 2.08. The molecule has 2 atom stereocenters. The largest absolute Gasteiger partial charge is 0.377 e. The molecule has 0 bridgehead atoms. The second-order valence-corrected chi connectivity index (χ2v) is 5.76. The zero-order chi connectivity index (χ0) is 14.5. The van der Waals surface area contributed by atoms with Crippen LogP contribution in [0.25, 0.3) is 0 Å². The van der Waals surface area contributed by atoms with Crippen LogP contribution in [0.15, 0.2) is 18.2 Å². The molecule has 0 aromatic heterocycles. The van der Waals surface area contributed by atoms with Crippen molar-refractivity contribution in [2.45, 2.75) is 31.4 Å². The summed E-state index contributed by atoms with van der Waals surface area (Å²) in [7, 11) is 2.00. The highest BCUT2D eigenvalue weighted by Crippen LogP contribution is 2.24. The van der Waals surface area contributed by atoms with Crippen LogP contribution in [0, 0.1) is 5.82 Å². The van der Waals surface area contributed by atoms with Crippen molar-refractivity contribution in [3.63, 3.8) is 0 Å². The number of likely N-dealkylation sites (N-methyl/N-ethyl adjacent to an activating group) is 1. The van der Waals surface area contributed by atoms with Crippen LogP contribution >= 0.6 is 11.6 Å². The van der Waals surface area contributed by atoms with Crippen LogP contribution in [0.2, 0.25) is 5.02 Å². The second kappa shape index (κ2) is 7.36. The molecule has 1 aliphatic rings. The van der Waals surface area contributed by atoms with E-state index in [4.69, 9.17) is 22.1 Å². The van der Waals surface area contributed by atoms with Gasteiger partial charge in [-0.25, -0.2) is 4.39 Å². The summed E-state index contributed by atoms with van der Waals surface area (Å²) in [6, 6.07) is 4.87. The molecule has 1 aromatic rings. The number of hydrogen-bond acceptors (Lipinski definition) is 3. The smallest absolute Gasteiger partial charge is 0.142 e. The number of hydrogen-bond donors (Lipinski definition) is 1. The highest BCUT2D eigenvalue weighted by atomic mass is 35.5. The number of ether oxygens (including phenoxy) is 1. The summed E-state index contributed by atoms with van der Waals surface area (Å²) in [5, 5.41) is 0.141. The van der Waals surface area contributed by atoms with Gasteiger partial charge in [-0.2, -0.15) is 0 Å². The fourth-order valence-electron chi connectivity index (χ4n) is 2.69. The molecular formula is C15H22ClFN2O. The van der Waals surface area contributed by atoms with Gasteiger partial charge in [0.2, 0.25) is 0 Å². The Balaban J connectivity index is 2.03. The lowest BCUT2D eigenvalue weighted by Gasteiger charge is -2.32. The van der Waals surface area contributed by atoms with Crippen molar-refractivity contribution < 1.29 is 9.13 Å². The molecule has 20 heavy (non-hydrogen) atoms. The molecule has 0 spiro atoms. The molecule has 1 saturated heterocycles. The van der Waals surface area contributed by atoms with E-state index in [1.54, 1.807) is 6.07 Å². The lowest BCUT2D eigenvalue weighted by Crippen LogP contribution is -2.38. The van der Waals surface area contributed by atoms with Gasteiger partial charge in [0.05, 0.1) is 11.1 Å². The van der Waals surface area contributed by atoms with Crippen molar-refractivity contribution in [1.29, 1.82) is 0 Å². The Morgan fingerprint density at radius 2 is 2.30 bits per heavy atom. The summed E-state index contributed by atoms with van der Waals surface area (Å²) in [4.78, 5) is 2.14. The fourth-order valence-corrected chi connectivity index (χ4v) is 2.81. The molecule has 0 saturated carbocycles. The topological polar surface area (TPSA) is 38.5 Å². The molecule has 112 valence electrons. The van der Waals surface area contributed by atoms with E-state index in [2.05, 4.69) is 4.90 Å². The van der Waals surface area contributed by atoms with Gasteiger partial charge in [-0.1, -0.05) is 17.7 Å². The van der Waals surface area contributed by atoms with Crippen LogP contribution in [0.5, 0.6) is 0 Å². The quantitative estimate of drug-likeness (QED) is 0.908. The summed E-state index contributed by atoms with van der Waals surface area (Å²) in [5.41, 5.74) is 6.72. The van der Waals surface area contributed by atoms with E-state index >= 15 is 0 Å². The van der Waals surface area contributed by atoms with Gasteiger partial charge in [0.1, 0.15) is 5.82 Å². The third-order valence-corrected chi connectivity index (χ3v) is 4.16. The first kappa shape index (κ1) is 15.7. The molecule has 2 rings (SSSR count). The zero-order valence-corrected chi connectivity index (χ0v) is 12.6. The Labute approximate surface area is 124 Å². The average molecular weight is 301 g/mol. The fraction of sp³-hybridized carbons (Fsp3) is 0.600. The maximum Gasteiger partial charge on any atom is 0.142 e. The molecule has 0 radical (unpaired) electrons. The normalized spacial score (nSPS) is 21.1. The monoisotopic (exact) mass is 300 g/mol. The minimum atomic E-state index is -0.398. The highest BCUT2D eigenvalue weighted by Gasteiger charge is 2.22. The van der Waals surface area contributed by atoms with E-state index in [0.29, 0.717) is 6.54 Å². The van der Waals surface area contributed by atoms with Crippen molar-refractivity contribution in [3.05, 3.63) is 34.6 Å². The minimum absolute atomic E-state index is 0.0210. The van der Waals surface area contributed by atoms with Crippen molar-refractivity contribution >= 4 is 11.6 Å². The molecule has 2 N–H and O–H groups in total. The van der Waals surface area contributed by atoms with Crippen LogP contribution in [-0.4, -0.2) is 37.7 Å². The molecular weight excluding hydrogens is 279 g/mol. The first-order valence-corrected chi connectivity index (χ1v) is 7.46. The van der Waals surface area contributed by atoms with Gasteiger partial charge in [-0.05, 0) is 44.0 Å². The van der Waals surface area contributed by atoms with E-state index in [9.17, 15) is 4.39 Å². The van der Waals surface area contributed by atoms with E-state index in [1.807, 2.05) is 13.1 Å². The Morgan fingerprint density at radius 1 is 1.50 bits per heavy atom. The van der Waals surface area contributed by atoms with Crippen molar-refractivity contribution in [3.8, 4) is 0 Å². The third-order valence-electron chi connectivity index (χ3n) is 3.85. The zero-order valence-electron chi connectivity index (χ0n) is 11.8. The van der Waals surface area contributed by atoms with E-state index in [0.717, 1.165) is 31.6 Å². The van der Waals surface area contributed by atoms with Gasteiger partial charge < -0.3 is 10.5 Å². The minimum Gasteiger partial charge on any atom is -0.377 e. The predicted molar refractivity (Wildman–Crippen MR) is 79.4 cm³/mol. The maximum atomic E-state index is 13.6. The molecule has 0 amide bonds. The molecule has 5 heteroatoms. The SMILES string of the molecule is CN(CC1CCCCO1)C(CN)c1ccc(Cl)c(F)c1. The van der Waals surface area contributed by atoms with E-state index in [1.165, 1.54) is 12.5 Å². The van der Waals surface area contributed by atoms with Crippen LogP contribution in [0.1, 0.15) is 30.9 Å². The average Bonchev–Trinajstić information content (AvgIpc) is 2.44. The molecule has 1 aromatic carbocycles. The van der Waals surface area contributed by atoms with Gasteiger partial charge in [-0.15, -0.1) is 0 Å². The summed E-state index contributed by atoms with van der Waals surface area (Å²) >= 11 is 5.72. The van der Waals surface area contributed by atoms with Crippen LogP contribution in [-0.2, 0) is 4.74 Å². The predicted octanol–water partition coefficient (Wildman–Crippen LogP) is 2.98. The Bertz CT molecular complexity index is 438. The number of nitrogens with zero attached hydrogens (tertiary/aromatic N) is 1. The number of halogens is 2. The van der Waals surface area contributed by atoms with Gasteiger partial charge in [0.25, 0.3) is 0 Å². The maximum absolute atomic E-state index is 13.6. The van der Waals surface area contributed by atoms with E-state index in [-0.39, 0.29) is 17.2 Å². The van der Waals surface area contributed by atoms with Gasteiger partial charge in [0, 0.05) is 25.7 Å². The number of nitrogens with two attached hydrogens (primary N) is 1. The Morgan fingerprint density at radius 3 is 2.90 bits per heavy atom. The summed E-state index contributed by atoms with van der Waals surface area (Å²) < 4.78 is 19.3. The summed E-state index contributed by atoms with van der Waals surface area (Å²) in [6.07, 6.45) is 3.68. The first-order chi connectivity index (χ1) is 9.61. The molecule has 1 fully saturated rings. The van der Waals surface area contributed by atoms with Crippen LogP contribution < -0.4 is 5.73 Å². The van der Waals surface area contributed by atoms with Gasteiger partial charge in [0.15, 0.2) is 0 Å². The van der Waals surface area contributed by atoms with Gasteiger partial charge in [-0.3, -0.25) is 4.90 Å². The van der Waals surface area contributed by atoms with Crippen molar-refractivity contribution in [1.82, 2.24) is 4.90 Å². The van der Waals surface area contributed by atoms with E-state index < -0.39 is 5.82 Å².